The Morgan fingerprint density at radius 3 is 2.41 bits per heavy atom. The summed E-state index contributed by atoms with van der Waals surface area (Å²) < 4.78 is 0. The Labute approximate surface area is 152 Å². The lowest BCUT2D eigenvalue weighted by Gasteiger charge is -2.17. The lowest BCUT2D eigenvalue weighted by molar-refractivity contribution is 0.481. The average Bonchev–Trinajstić information content (AvgIpc) is 2.51. The van der Waals surface area contributed by atoms with E-state index in [-0.39, 0.29) is 24.0 Å². The normalized spacial score (nSPS) is 11.1. The summed E-state index contributed by atoms with van der Waals surface area (Å²) in [6.07, 6.45) is 2.40. The number of halogens is 1. The summed E-state index contributed by atoms with van der Waals surface area (Å²) in [5.74, 6) is 1.58. The van der Waals surface area contributed by atoms with Crippen molar-refractivity contribution in [1.29, 1.82) is 0 Å². The molecule has 0 atom stereocenters. The summed E-state index contributed by atoms with van der Waals surface area (Å²) in [7, 11) is 5.93. The minimum atomic E-state index is 0. The molecule has 0 saturated heterocycles. The summed E-state index contributed by atoms with van der Waals surface area (Å²) in [6, 6.07) is 8.53. The van der Waals surface area contributed by atoms with E-state index in [2.05, 4.69) is 72.7 Å². The van der Waals surface area contributed by atoms with Gasteiger partial charge in [0.2, 0.25) is 0 Å². The minimum Gasteiger partial charge on any atom is -0.378 e. The third-order valence-corrected chi connectivity index (χ3v) is 3.82. The Morgan fingerprint density at radius 1 is 1.18 bits per heavy atom. The van der Waals surface area contributed by atoms with Crippen molar-refractivity contribution in [2.24, 2.45) is 10.9 Å². The zero-order valence-electron chi connectivity index (χ0n) is 14.5. The highest BCUT2D eigenvalue weighted by Gasteiger charge is 2.05. The van der Waals surface area contributed by atoms with Gasteiger partial charge in [-0.2, -0.15) is 0 Å². The van der Waals surface area contributed by atoms with Gasteiger partial charge >= 0.3 is 0 Å². The van der Waals surface area contributed by atoms with Crippen molar-refractivity contribution in [3.8, 4) is 0 Å². The van der Waals surface area contributed by atoms with E-state index in [1.807, 2.05) is 7.05 Å². The minimum absolute atomic E-state index is 0. The number of nitrogens with one attached hydrogen (secondary N) is 2. The van der Waals surface area contributed by atoms with Gasteiger partial charge in [0.1, 0.15) is 0 Å². The third-order valence-electron chi connectivity index (χ3n) is 3.82. The lowest BCUT2D eigenvalue weighted by Crippen LogP contribution is -2.39. The fourth-order valence-corrected chi connectivity index (χ4v) is 2.17. The molecule has 0 radical (unpaired) electrons. The molecule has 0 aliphatic rings. The topological polar surface area (TPSA) is 39.7 Å². The molecule has 0 aliphatic heterocycles. The van der Waals surface area contributed by atoms with Gasteiger partial charge < -0.3 is 15.5 Å². The van der Waals surface area contributed by atoms with Crippen molar-refractivity contribution in [1.82, 2.24) is 10.6 Å². The van der Waals surface area contributed by atoms with Crippen molar-refractivity contribution in [3.63, 3.8) is 0 Å². The number of hydrogen-bond acceptors (Lipinski definition) is 2. The molecule has 0 bridgehead atoms. The maximum atomic E-state index is 4.29. The Morgan fingerprint density at radius 2 is 1.86 bits per heavy atom. The van der Waals surface area contributed by atoms with Crippen LogP contribution in [0.4, 0.5) is 5.69 Å². The van der Waals surface area contributed by atoms with Crippen LogP contribution in [-0.4, -0.2) is 33.6 Å². The lowest BCUT2D eigenvalue weighted by atomic mass is 10.0. The number of guanidine groups is 1. The van der Waals surface area contributed by atoms with Crippen LogP contribution in [0.3, 0.4) is 0 Å². The van der Waals surface area contributed by atoms with Gasteiger partial charge in [-0.1, -0.05) is 38.8 Å². The van der Waals surface area contributed by atoms with Crippen molar-refractivity contribution < 1.29 is 0 Å². The van der Waals surface area contributed by atoms with E-state index in [9.17, 15) is 0 Å². The second-order valence-corrected chi connectivity index (χ2v) is 5.55. The van der Waals surface area contributed by atoms with Crippen LogP contribution in [0.2, 0.25) is 0 Å². The molecule has 0 heterocycles. The summed E-state index contributed by atoms with van der Waals surface area (Å²) in [5.41, 5.74) is 2.47. The van der Waals surface area contributed by atoms with Crippen LogP contribution in [-0.2, 0) is 6.54 Å². The van der Waals surface area contributed by atoms with Gasteiger partial charge in [0.05, 0.1) is 0 Å². The molecule has 0 aromatic heterocycles. The van der Waals surface area contributed by atoms with Crippen molar-refractivity contribution in [3.05, 3.63) is 29.8 Å². The number of nitrogens with zero attached hydrogens (tertiary/aromatic N) is 2. The van der Waals surface area contributed by atoms with E-state index in [1.165, 1.54) is 24.1 Å². The molecule has 0 fully saturated rings. The van der Waals surface area contributed by atoms with Crippen LogP contribution in [0.15, 0.2) is 29.3 Å². The van der Waals surface area contributed by atoms with Crippen LogP contribution < -0.4 is 15.5 Å². The molecule has 5 heteroatoms. The highest BCUT2D eigenvalue weighted by atomic mass is 127. The van der Waals surface area contributed by atoms with E-state index in [0.717, 1.165) is 19.0 Å². The van der Waals surface area contributed by atoms with Gasteiger partial charge in [0.15, 0.2) is 5.96 Å². The summed E-state index contributed by atoms with van der Waals surface area (Å²) in [6.45, 7) is 6.23. The van der Waals surface area contributed by atoms with E-state index >= 15 is 0 Å². The summed E-state index contributed by atoms with van der Waals surface area (Å²) in [4.78, 5) is 6.40. The van der Waals surface area contributed by atoms with Gasteiger partial charge in [0, 0.05) is 39.9 Å². The van der Waals surface area contributed by atoms with E-state index in [4.69, 9.17) is 0 Å². The van der Waals surface area contributed by atoms with Gasteiger partial charge in [0.25, 0.3) is 0 Å². The second-order valence-electron chi connectivity index (χ2n) is 5.55. The largest absolute Gasteiger partial charge is 0.378 e. The summed E-state index contributed by atoms with van der Waals surface area (Å²) >= 11 is 0. The quantitative estimate of drug-likeness (QED) is 0.405. The molecule has 1 aromatic rings. The fraction of sp³-hybridized carbons (Fsp3) is 0.588. The third kappa shape index (κ3) is 7.33. The van der Waals surface area contributed by atoms with Crippen molar-refractivity contribution in [2.75, 3.05) is 32.6 Å². The van der Waals surface area contributed by atoms with Crippen LogP contribution in [0.5, 0.6) is 0 Å². The standard InChI is InChI=1S/C17H30N4.HI/c1-6-14(7-2)12-19-17(18-3)20-13-15-9-8-10-16(11-15)21(4)5;/h8-11,14H,6-7,12-13H2,1-5H3,(H2,18,19,20);1H. The summed E-state index contributed by atoms with van der Waals surface area (Å²) in [5, 5.41) is 6.78. The number of anilines is 1. The molecule has 1 aromatic carbocycles. The SMILES string of the molecule is CCC(CC)CNC(=NC)NCc1cccc(N(C)C)c1.I. The zero-order valence-corrected chi connectivity index (χ0v) is 16.8. The Bertz CT molecular complexity index is 442. The van der Waals surface area contributed by atoms with E-state index in [1.54, 1.807) is 0 Å². The second kappa shape index (κ2) is 11.6. The first-order chi connectivity index (χ1) is 10.1. The highest BCUT2D eigenvalue weighted by molar-refractivity contribution is 14.0. The Hall–Kier alpha value is -0.980. The molecular weight excluding hydrogens is 387 g/mol. The fourth-order valence-electron chi connectivity index (χ4n) is 2.17. The molecule has 126 valence electrons. The first kappa shape index (κ1) is 21.0. The predicted molar refractivity (Wildman–Crippen MR) is 108 cm³/mol. The molecule has 0 amide bonds. The molecule has 0 saturated carbocycles. The van der Waals surface area contributed by atoms with Gasteiger partial charge in [-0.05, 0) is 23.6 Å². The number of hydrogen-bond donors (Lipinski definition) is 2. The maximum Gasteiger partial charge on any atom is 0.191 e. The van der Waals surface area contributed by atoms with Crippen LogP contribution in [0.1, 0.15) is 32.3 Å². The van der Waals surface area contributed by atoms with Gasteiger partial charge in [-0.15, -0.1) is 24.0 Å². The highest BCUT2D eigenvalue weighted by Crippen LogP contribution is 2.13. The Kier molecular flexibility index (Phi) is 11.1. The van der Waals surface area contributed by atoms with E-state index in [0.29, 0.717) is 5.92 Å². The molecule has 0 spiro atoms. The number of aliphatic imine (C=N–C) groups is 1. The average molecular weight is 418 g/mol. The first-order valence-electron chi connectivity index (χ1n) is 7.81. The van der Waals surface area contributed by atoms with Crippen molar-refractivity contribution >= 4 is 35.6 Å². The molecule has 0 unspecified atom stereocenters. The molecule has 2 N–H and O–H groups in total. The number of benzene rings is 1. The molecule has 1 rings (SSSR count). The van der Waals surface area contributed by atoms with Crippen LogP contribution in [0, 0.1) is 5.92 Å². The van der Waals surface area contributed by atoms with Crippen LogP contribution >= 0.6 is 24.0 Å². The molecular formula is C17H31IN4. The predicted octanol–water partition coefficient (Wildman–Crippen LogP) is 3.47. The van der Waals surface area contributed by atoms with Crippen LogP contribution in [0.25, 0.3) is 0 Å². The van der Waals surface area contributed by atoms with Crippen molar-refractivity contribution in [2.45, 2.75) is 33.2 Å². The number of rotatable bonds is 7. The first-order valence-corrected chi connectivity index (χ1v) is 7.81. The zero-order chi connectivity index (χ0) is 15.7. The Balaban J connectivity index is 0.00000441. The van der Waals surface area contributed by atoms with Gasteiger partial charge in [-0.3, -0.25) is 4.99 Å². The maximum absolute atomic E-state index is 4.29. The van der Waals surface area contributed by atoms with Gasteiger partial charge in [-0.25, -0.2) is 0 Å². The monoisotopic (exact) mass is 418 g/mol. The molecule has 4 nitrogen and oxygen atoms in total. The van der Waals surface area contributed by atoms with E-state index < -0.39 is 0 Å². The molecule has 22 heavy (non-hydrogen) atoms. The smallest absolute Gasteiger partial charge is 0.191 e. The molecule has 0 aliphatic carbocycles.